The fourth-order valence-corrected chi connectivity index (χ4v) is 4.99. The molecule has 4 rings (SSSR count). The highest BCUT2D eigenvalue weighted by molar-refractivity contribution is 7.14. The Hall–Kier alpha value is -2.10. The van der Waals surface area contributed by atoms with Crippen LogP contribution in [0, 0.1) is 5.92 Å². The highest BCUT2D eigenvalue weighted by Crippen LogP contribution is 2.33. The van der Waals surface area contributed by atoms with E-state index in [1.165, 1.54) is 0 Å². The number of aromatic nitrogens is 2. The average Bonchev–Trinajstić information content (AvgIpc) is 3.24. The van der Waals surface area contributed by atoms with E-state index in [-0.39, 0.29) is 12.1 Å². The van der Waals surface area contributed by atoms with Gasteiger partial charge in [-0.1, -0.05) is 11.6 Å². The van der Waals surface area contributed by atoms with Gasteiger partial charge in [-0.05, 0) is 50.5 Å². The van der Waals surface area contributed by atoms with Crippen molar-refractivity contribution in [3.63, 3.8) is 0 Å². The highest BCUT2D eigenvalue weighted by Gasteiger charge is 2.24. The van der Waals surface area contributed by atoms with E-state index < -0.39 is 6.09 Å². The number of hydrogen-bond acceptors (Lipinski definition) is 8. The fourth-order valence-electron chi connectivity index (χ4n) is 4.07. The van der Waals surface area contributed by atoms with Gasteiger partial charge in [0, 0.05) is 42.9 Å². The summed E-state index contributed by atoms with van der Waals surface area (Å²) in [7, 11) is 0. The molecule has 0 unspecified atom stereocenters. The van der Waals surface area contributed by atoms with Crippen molar-refractivity contribution in [2.24, 2.45) is 11.7 Å². The number of nitrogens with zero attached hydrogens (tertiary/aromatic N) is 2. The molecule has 0 atom stereocenters. The summed E-state index contributed by atoms with van der Waals surface area (Å²) in [4.78, 5) is 20.1. The number of carbonyl (C=O) groups excluding carboxylic acids is 1. The zero-order chi connectivity index (χ0) is 21.6. The van der Waals surface area contributed by atoms with Gasteiger partial charge in [0.1, 0.15) is 11.9 Å². The Labute approximate surface area is 190 Å². The second-order valence-electron chi connectivity index (χ2n) is 8.08. The van der Waals surface area contributed by atoms with Crippen LogP contribution in [-0.2, 0) is 9.47 Å². The number of amides is 1. The molecule has 2 aromatic rings. The highest BCUT2D eigenvalue weighted by atomic mass is 35.5. The minimum atomic E-state index is -0.703. The van der Waals surface area contributed by atoms with Gasteiger partial charge in [0.25, 0.3) is 0 Å². The quantitative estimate of drug-likeness (QED) is 0.551. The maximum atomic E-state index is 10.9. The Kier molecular flexibility index (Phi) is 7.47. The molecular formula is C21H28ClN5O3S. The van der Waals surface area contributed by atoms with E-state index >= 15 is 0 Å². The molecule has 2 fully saturated rings. The van der Waals surface area contributed by atoms with Gasteiger partial charge in [0.15, 0.2) is 5.13 Å². The Bertz CT molecular complexity index is 882. The Balaban J connectivity index is 1.35. The molecule has 31 heavy (non-hydrogen) atoms. The molecule has 1 aliphatic carbocycles. The minimum Gasteiger partial charge on any atom is -0.446 e. The Morgan fingerprint density at radius 3 is 2.77 bits per heavy atom. The number of hydrogen-bond donors (Lipinski definition) is 3. The third-order valence-electron chi connectivity index (χ3n) is 5.83. The number of carbonyl (C=O) groups is 1. The lowest BCUT2D eigenvalue weighted by Crippen LogP contribution is -2.32. The standard InChI is InChI=1S/C21H28ClN5O3S/c22-17-11-24-19(26-14-1-3-15(4-2-14)30-20(23)28)9-16(17)18-12-31-21(27-18)25-10-13-5-7-29-8-6-13/h9,11-15H,1-8,10H2,(H2,23,28)(H,24,26)(H,25,27). The van der Waals surface area contributed by atoms with E-state index in [0.717, 1.165) is 80.5 Å². The van der Waals surface area contributed by atoms with E-state index in [1.54, 1.807) is 17.5 Å². The summed E-state index contributed by atoms with van der Waals surface area (Å²) in [5.74, 6) is 1.40. The number of nitrogens with one attached hydrogen (secondary N) is 2. The van der Waals surface area contributed by atoms with Gasteiger partial charge in [-0.25, -0.2) is 14.8 Å². The van der Waals surface area contributed by atoms with Crippen LogP contribution in [0.4, 0.5) is 15.7 Å². The maximum Gasteiger partial charge on any atom is 0.404 e. The summed E-state index contributed by atoms with van der Waals surface area (Å²) in [6, 6.07) is 2.22. The molecule has 1 saturated carbocycles. The van der Waals surface area contributed by atoms with Gasteiger partial charge in [-0.15, -0.1) is 11.3 Å². The topological polar surface area (TPSA) is 111 Å². The van der Waals surface area contributed by atoms with Gasteiger partial charge in [0.05, 0.1) is 10.7 Å². The van der Waals surface area contributed by atoms with Crippen molar-refractivity contribution in [3.8, 4) is 11.3 Å². The molecular weight excluding hydrogens is 438 g/mol. The van der Waals surface area contributed by atoms with Gasteiger partial charge < -0.3 is 25.8 Å². The first kappa shape index (κ1) is 22.1. The summed E-state index contributed by atoms with van der Waals surface area (Å²) in [5.41, 5.74) is 6.81. The van der Waals surface area contributed by atoms with E-state index in [1.807, 2.05) is 11.4 Å². The molecule has 4 N–H and O–H groups in total. The van der Waals surface area contributed by atoms with Gasteiger partial charge in [-0.3, -0.25) is 0 Å². The van der Waals surface area contributed by atoms with Crippen molar-refractivity contribution < 1.29 is 14.3 Å². The van der Waals surface area contributed by atoms with Crippen LogP contribution < -0.4 is 16.4 Å². The molecule has 168 valence electrons. The molecule has 1 amide bonds. The number of ether oxygens (including phenoxy) is 2. The number of pyridine rings is 1. The summed E-state index contributed by atoms with van der Waals surface area (Å²) in [6.45, 7) is 2.60. The SMILES string of the molecule is NC(=O)OC1CCC(Nc2cc(-c3csc(NCC4CCOCC4)n3)c(Cl)cn2)CC1. The van der Waals surface area contributed by atoms with Crippen LogP contribution in [0.2, 0.25) is 5.02 Å². The van der Waals surface area contributed by atoms with E-state index in [4.69, 9.17) is 31.8 Å². The molecule has 0 aromatic carbocycles. The Morgan fingerprint density at radius 1 is 1.26 bits per heavy atom. The number of anilines is 2. The van der Waals surface area contributed by atoms with E-state index in [9.17, 15) is 4.79 Å². The molecule has 10 heteroatoms. The molecule has 2 aliphatic rings. The van der Waals surface area contributed by atoms with Crippen molar-refractivity contribution in [2.75, 3.05) is 30.4 Å². The van der Waals surface area contributed by atoms with Crippen LogP contribution >= 0.6 is 22.9 Å². The Morgan fingerprint density at radius 2 is 2.03 bits per heavy atom. The molecule has 0 bridgehead atoms. The van der Waals surface area contributed by atoms with Crippen LogP contribution in [0.1, 0.15) is 38.5 Å². The lowest BCUT2D eigenvalue weighted by atomic mass is 9.93. The molecule has 0 radical (unpaired) electrons. The monoisotopic (exact) mass is 465 g/mol. The van der Waals surface area contributed by atoms with Crippen molar-refractivity contribution >= 4 is 40.0 Å². The summed E-state index contributed by atoms with van der Waals surface area (Å²) in [5, 5.41) is 10.4. The van der Waals surface area contributed by atoms with Crippen LogP contribution in [0.25, 0.3) is 11.3 Å². The average molecular weight is 466 g/mol. The molecule has 1 saturated heterocycles. The van der Waals surface area contributed by atoms with Crippen molar-refractivity contribution in [3.05, 3.63) is 22.7 Å². The minimum absolute atomic E-state index is 0.0913. The first-order valence-corrected chi connectivity index (χ1v) is 12.0. The summed E-state index contributed by atoms with van der Waals surface area (Å²) in [6.07, 6.45) is 6.39. The molecule has 3 heterocycles. The van der Waals surface area contributed by atoms with Crippen LogP contribution in [0.5, 0.6) is 0 Å². The van der Waals surface area contributed by atoms with Crippen molar-refractivity contribution in [1.29, 1.82) is 0 Å². The normalized spacial score (nSPS) is 22.1. The lowest BCUT2D eigenvalue weighted by Gasteiger charge is -2.28. The predicted molar refractivity (Wildman–Crippen MR) is 123 cm³/mol. The number of rotatable bonds is 7. The van der Waals surface area contributed by atoms with Crippen molar-refractivity contribution in [2.45, 2.75) is 50.7 Å². The number of thiazole rings is 1. The predicted octanol–water partition coefficient (Wildman–Crippen LogP) is 4.52. The van der Waals surface area contributed by atoms with Gasteiger partial charge in [-0.2, -0.15) is 0 Å². The second kappa shape index (κ2) is 10.5. The first-order valence-electron chi connectivity index (χ1n) is 10.7. The van der Waals surface area contributed by atoms with Crippen LogP contribution in [0.15, 0.2) is 17.6 Å². The van der Waals surface area contributed by atoms with Gasteiger partial charge in [0.2, 0.25) is 0 Å². The first-order chi connectivity index (χ1) is 15.1. The molecule has 0 spiro atoms. The maximum absolute atomic E-state index is 10.9. The molecule has 2 aromatic heterocycles. The second-order valence-corrected chi connectivity index (χ2v) is 9.34. The third-order valence-corrected chi connectivity index (χ3v) is 6.93. The smallest absolute Gasteiger partial charge is 0.404 e. The lowest BCUT2D eigenvalue weighted by molar-refractivity contribution is 0.0699. The van der Waals surface area contributed by atoms with Crippen LogP contribution in [-0.4, -0.2) is 48.0 Å². The molecule has 8 nitrogen and oxygen atoms in total. The zero-order valence-corrected chi connectivity index (χ0v) is 18.9. The molecule has 1 aliphatic heterocycles. The number of primary amides is 1. The fraction of sp³-hybridized carbons (Fsp3) is 0.571. The van der Waals surface area contributed by atoms with E-state index in [0.29, 0.717) is 10.9 Å². The van der Waals surface area contributed by atoms with Crippen LogP contribution in [0.3, 0.4) is 0 Å². The van der Waals surface area contributed by atoms with Gasteiger partial charge >= 0.3 is 6.09 Å². The summed E-state index contributed by atoms with van der Waals surface area (Å²) < 4.78 is 10.5. The van der Waals surface area contributed by atoms with E-state index in [2.05, 4.69) is 15.6 Å². The zero-order valence-electron chi connectivity index (χ0n) is 17.3. The summed E-state index contributed by atoms with van der Waals surface area (Å²) >= 11 is 8.01. The number of halogens is 1. The van der Waals surface area contributed by atoms with Crippen molar-refractivity contribution in [1.82, 2.24) is 9.97 Å². The largest absolute Gasteiger partial charge is 0.446 e. The number of nitrogens with two attached hydrogens (primary N) is 1. The third kappa shape index (κ3) is 6.21.